The number of ether oxygens (including phenoxy) is 2. The molecule has 0 unspecified atom stereocenters. The van der Waals surface area contributed by atoms with E-state index in [1.54, 1.807) is 0 Å². The zero-order valence-electron chi connectivity index (χ0n) is 16.1. The van der Waals surface area contributed by atoms with Crippen LogP contribution >= 0.6 is 0 Å². The standard InChI is InChI=1S/C20H22N2O6/c1-12-9-13(2)19(14(3)10-12)21-20(24)15(4)28-18(23)11-27-17-7-5-16(6-8-17)22(25)26/h5-10,15H,11H2,1-4H3,(H,21,24)/t15-/m1/s1. The molecule has 0 aliphatic carbocycles. The predicted octanol–water partition coefficient (Wildman–Crippen LogP) is 3.47. The average molecular weight is 386 g/mol. The zero-order valence-corrected chi connectivity index (χ0v) is 16.1. The molecule has 0 bridgehead atoms. The molecule has 148 valence electrons. The second kappa shape index (κ2) is 8.98. The normalized spacial score (nSPS) is 11.4. The lowest BCUT2D eigenvalue weighted by Crippen LogP contribution is -2.32. The highest BCUT2D eigenvalue weighted by Gasteiger charge is 2.20. The number of hydrogen-bond donors (Lipinski definition) is 1. The Morgan fingerprint density at radius 3 is 2.21 bits per heavy atom. The van der Waals surface area contributed by atoms with Crippen molar-refractivity contribution in [2.75, 3.05) is 11.9 Å². The van der Waals surface area contributed by atoms with Gasteiger partial charge in [-0.25, -0.2) is 4.79 Å². The van der Waals surface area contributed by atoms with Crippen LogP contribution in [-0.4, -0.2) is 29.5 Å². The van der Waals surface area contributed by atoms with Crippen molar-refractivity contribution in [3.05, 3.63) is 63.2 Å². The number of carbonyl (C=O) groups is 2. The highest BCUT2D eigenvalue weighted by molar-refractivity contribution is 5.96. The molecule has 2 aromatic rings. The van der Waals surface area contributed by atoms with E-state index in [1.807, 2.05) is 32.9 Å². The van der Waals surface area contributed by atoms with E-state index in [4.69, 9.17) is 9.47 Å². The van der Waals surface area contributed by atoms with Gasteiger partial charge in [-0.1, -0.05) is 17.7 Å². The summed E-state index contributed by atoms with van der Waals surface area (Å²) in [6.07, 6.45) is -1.01. The van der Waals surface area contributed by atoms with Crippen molar-refractivity contribution in [2.24, 2.45) is 0 Å². The van der Waals surface area contributed by atoms with Crippen LogP contribution in [0.4, 0.5) is 11.4 Å². The number of nitrogens with one attached hydrogen (secondary N) is 1. The molecule has 8 nitrogen and oxygen atoms in total. The molecule has 0 aliphatic rings. The summed E-state index contributed by atoms with van der Waals surface area (Å²) in [6, 6.07) is 9.20. The minimum atomic E-state index is -1.01. The van der Waals surface area contributed by atoms with Crippen LogP contribution in [0.3, 0.4) is 0 Å². The van der Waals surface area contributed by atoms with E-state index in [2.05, 4.69) is 5.32 Å². The number of nitro benzene ring substituents is 1. The third kappa shape index (κ3) is 5.54. The van der Waals surface area contributed by atoms with Gasteiger partial charge >= 0.3 is 5.97 Å². The SMILES string of the molecule is Cc1cc(C)c(NC(=O)[C@@H](C)OC(=O)COc2ccc([N+](=O)[O-])cc2)c(C)c1. The van der Waals surface area contributed by atoms with Crippen LogP contribution in [0.2, 0.25) is 0 Å². The van der Waals surface area contributed by atoms with Crippen LogP contribution in [0.5, 0.6) is 5.75 Å². The van der Waals surface area contributed by atoms with Gasteiger partial charge in [-0.2, -0.15) is 0 Å². The maximum absolute atomic E-state index is 12.3. The van der Waals surface area contributed by atoms with Crippen LogP contribution in [0, 0.1) is 30.9 Å². The van der Waals surface area contributed by atoms with Gasteiger partial charge in [0.15, 0.2) is 12.7 Å². The Balaban J connectivity index is 1.87. The van der Waals surface area contributed by atoms with Crippen molar-refractivity contribution in [3.63, 3.8) is 0 Å². The quantitative estimate of drug-likeness (QED) is 0.443. The van der Waals surface area contributed by atoms with E-state index in [1.165, 1.54) is 31.2 Å². The van der Waals surface area contributed by atoms with Crippen LogP contribution in [0.15, 0.2) is 36.4 Å². The van der Waals surface area contributed by atoms with Crippen molar-refractivity contribution < 1.29 is 24.0 Å². The first-order chi connectivity index (χ1) is 13.2. The summed E-state index contributed by atoms with van der Waals surface area (Å²) in [7, 11) is 0. The second-order valence-electron chi connectivity index (χ2n) is 6.43. The Labute approximate surface area is 162 Å². The molecule has 0 saturated carbocycles. The van der Waals surface area contributed by atoms with Crippen molar-refractivity contribution >= 4 is 23.3 Å². The third-order valence-electron chi connectivity index (χ3n) is 4.01. The highest BCUT2D eigenvalue weighted by atomic mass is 16.6. The van der Waals surface area contributed by atoms with Crippen LogP contribution in [0.25, 0.3) is 0 Å². The fraction of sp³-hybridized carbons (Fsp3) is 0.300. The first kappa shape index (κ1) is 20.9. The molecular formula is C20H22N2O6. The summed E-state index contributed by atoms with van der Waals surface area (Å²) in [4.78, 5) is 34.3. The van der Waals surface area contributed by atoms with E-state index in [0.717, 1.165) is 16.7 Å². The molecule has 1 atom stereocenters. The Hall–Kier alpha value is -3.42. The van der Waals surface area contributed by atoms with E-state index >= 15 is 0 Å². The highest BCUT2D eigenvalue weighted by Crippen LogP contribution is 2.22. The summed E-state index contributed by atoms with van der Waals surface area (Å²) in [5.41, 5.74) is 3.55. The lowest BCUT2D eigenvalue weighted by molar-refractivity contribution is -0.384. The number of anilines is 1. The Bertz CT molecular complexity index is 869. The fourth-order valence-corrected chi connectivity index (χ4v) is 2.69. The van der Waals surface area contributed by atoms with Crippen molar-refractivity contribution in [1.82, 2.24) is 0 Å². The zero-order chi connectivity index (χ0) is 20.8. The van der Waals surface area contributed by atoms with Gasteiger partial charge in [0, 0.05) is 17.8 Å². The number of nitrogens with zero attached hydrogens (tertiary/aromatic N) is 1. The lowest BCUT2D eigenvalue weighted by Gasteiger charge is -2.17. The van der Waals surface area contributed by atoms with Crippen LogP contribution < -0.4 is 10.1 Å². The summed E-state index contributed by atoms with van der Waals surface area (Å²) in [5, 5.41) is 13.4. The largest absolute Gasteiger partial charge is 0.482 e. The molecule has 0 saturated heterocycles. The number of esters is 1. The number of non-ortho nitro benzene ring substituents is 1. The maximum Gasteiger partial charge on any atom is 0.344 e. The first-order valence-corrected chi connectivity index (χ1v) is 8.63. The van der Waals surface area contributed by atoms with Gasteiger partial charge in [0.25, 0.3) is 11.6 Å². The number of benzene rings is 2. The summed E-state index contributed by atoms with van der Waals surface area (Å²) < 4.78 is 10.3. The fourth-order valence-electron chi connectivity index (χ4n) is 2.69. The molecule has 0 heterocycles. The van der Waals surface area contributed by atoms with E-state index in [-0.39, 0.29) is 11.4 Å². The Morgan fingerprint density at radius 2 is 1.68 bits per heavy atom. The molecule has 28 heavy (non-hydrogen) atoms. The third-order valence-corrected chi connectivity index (χ3v) is 4.01. The van der Waals surface area contributed by atoms with Gasteiger partial charge in [0.05, 0.1) is 4.92 Å². The second-order valence-corrected chi connectivity index (χ2v) is 6.43. The molecule has 1 N–H and O–H groups in total. The lowest BCUT2D eigenvalue weighted by atomic mass is 10.0. The molecule has 0 fully saturated rings. The topological polar surface area (TPSA) is 108 Å². The van der Waals surface area contributed by atoms with Crippen molar-refractivity contribution in [2.45, 2.75) is 33.8 Å². The number of nitro groups is 1. The molecule has 0 aliphatic heterocycles. The molecule has 0 radical (unpaired) electrons. The van der Waals surface area contributed by atoms with Gasteiger partial charge in [-0.3, -0.25) is 14.9 Å². The number of amides is 1. The number of aryl methyl sites for hydroxylation is 3. The van der Waals surface area contributed by atoms with E-state index in [9.17, 15) is 19.7 Å². The van der Waals surface area contributed by atoms with E-state index in [0.29, 0.717) is 5.69 Å². The van der Waals surface area contributed by atoms with Gasteiger partial charge in [0.2, 0.25) is 0 Å². The molecule has 8 heteroatoms. The minimum absolute atomic E-state index is 0.0816. The van der Waals surface area contributed by atoms with Crippen molar-refractivity contribution in [1.29, 1.82) is 0 Å². The maximum atomic E-state index is 12.3. The Morgan fingerprint density at radius 1 is 1.11 bits per heavy atom. The van der Waals surface area contributed by atoms with Gasteiger partial charge < -0.3 is 14.8 Å². The van der Waals surface area contributed by atoms with Gasteiger partial charge in [0.1, 0.15) is 5.75 Å². The number of hydrogen-bond acceptors (Lipinski definition) is 6. The summed E-state index contributed by atoms with van der Waals surface area (Å²) in [6.45, 7) is 6.81. The molecule has 1 amide bonds. The van der Waals surface area contributed by atoms with E-state index < -0.39 is 29.5 Å². The molecule has 2 rings (SSSR count). The Kier molecular flexibility index (Phi) is 6.70. The van der Waals surface area contributed by atoms with Gasteiger partial charge in [-0.15, -0.1) is 0 Å². The minimum Gasteiger partial charge on any atom is -0.482 e. The molecule has 2 aromatic carbocycles. The monoisotopic (exact) mass is 386 g/mol. The van der Waals surface area contributed by atoms with Crippen molar-refractivity contribution in [3.8, 4) is 5.75 Å². The summed E-state index contributed by atoms with van der Waals surface area (Å²) in [5.74, 6) is -0.886. The smallest absolute Gasteiger partial charge is 0.344 e. The molecular weight excluding hydrogens is 364 g/mol. The number of rotatable bonds is 7. The average Bonchev–Trinajstić information content (AvgIpc) is 2.63. The van der Waals surface area contributed by atoms with Crippen LogP contribution in [0.1, 0.15) is 23.6 Å². The molecule has 0 aromatic heterocycles. The predicted molar refractivity (Wildman–Crippen MR) is 103 cm³/mol. The first-order valence-electron chi connectivity index (χ1n) is 8.63. The number of carbonyl (C=O) groups excluding carboxylic acids is 2. The summed E-state index contributed by atoms with van der Waals surface area (Å²) >= 11 is 0. The molecule has 0 spiro atoms. The van der Waals surface area contributed by atoms with Crippen LogP contribution in [-0.2, 0) is 14.3 Å². The van der Waals surface area contributed by atoms with Gasteiger partial charge in [-0.05, 0) is 51.0 Å².